The fraction of sp³-hybridized carbons (Fsp3) is 0.562. The van der Waals surface area contributed by atoms with Crippen molar-refractivity contribution in [3.8, 4) is 11.5 Å². The third-order valence-electron chi connectivity index (χ3n) is 3.64. The van der Waals surface area contributed by atoms with E-state index < -0.39 is 0 Å². The number of hydrogen-bond donors (Lipinski definition) is 2. The molecule has 1 aromatic carbocycles. The number of carbonyl (C=O) groups excluding carboxylic acids is 1. The van der Waals surface area contributed by atoms with Gasteiger partial charge >= 0.3 is 0 Å². The summed E-state index contributed by atoms with van der Waals surface area (Å²) < 4.78 is 11.2. The van der Waals surface area contributed by atoms with Gasteiger partial charge in [-0.3, -0.25) is 4.79 Å². The Bertz CT molecular complexity index is 503. The third-order valence-corrected chi connectivity index (χ3v) is 3.64. The molecule has 1 aliphatic rings. The van der Waals surface area contributed by atoms with Crippen LogP contribution in [0.3, 0.4) is 0 Å². The van der Waals surface area contributed by atoms with Gasteiger partial charge in [0.05, 0.1) is 7.11 Å². The smallest absolute Gasteiger partial charge is 0.217 e. The van der Waals surface area contributed by atoms with Crippen LogP contribution in [0.4, 0.5) is 0 Å². The number of hydrogen-bond acceptors (Lipinski definition) is 4. The molecule has 116 valence electrons. The predicted octanol–water partition coefficient (Wildman–Crippen LogP) is 1.76. The van der Waals surface area contributed by atoms with E-state index in [0.29, 0.717) is 6.42 Å². The summed E-state index contributed by atoms with van der Waals surface area (Å²) in [6.45, 7) is 3.65. The van der Waals surface area contributed by atoms with Crippen molar-refractivity contribution in [1.82, 2.24) is 5.32 Å². The summed E-state index contributed by atoms with van der Waals surface area (Å²) in [5.74, 6) is 1.63. The van der Waals surface area contributed by atoms with E-state index in [2.05, 4.69) is 24.4 Å². The lowest BCUT2D eigenvalue weighted by molar-refractivity contribution is -0.118. The van der Waals surface area contributed by atoms with Gasteiger partial charge in [0.2, 0.25) is 5.91 Å². The zero-order chi connectivity index (χ0) is 15.2. The van der Waals surface area contributed by atoms with Crippen molar-refractivity contribution >= 4 is 5.91 Å². The van der Waals surface area contributed by atoms with Crippen LogP contribution >= 0.6 is 0 Å². The van der Waals surface area contributed by atoms with Crippen LogP contribution in [0.15, 0.2) is 12.1 Å². The standard InChI is InChI=1S/C16H24N2O3/c1-11-7-12-8-14(20-2)13(9-15(12)21-11)10-18-6-4-3-5-16(17)19/h8-9,11,18H,3-7,10H2,1-2H3,(H2,17,19). The van der Waals surface area contributed by atoms with Gasteiger partial charge in [0, 0.05) is 30.5 Å². The normalized spacial score (nSPS) is 16.4. The average Bonchev–Trinajstić information content (AvgIpc) is 2.80. The second kappa shape index (κ2) is 7.31. The van der Waals surface area contributed by atoms with Gasteiger partial charge in [-0.2, -0.15) is 0 Å². The molecule has 0 radical (unpaired) electrons. The molecule has 0 aliphatic carbocycles. The van der Waals surface area contributed by atoms with E-state index in [0.717, 1.165) is 49.4 Å². The number of ether oxygens (including phenoxy) is 2. The SMILES string of the molecule is COc1cc2c(cc1CNCCCCC(N)=O)OC(C)C2. The zero-order valence-corrected chi connectivity index (χ0v) is 12.8. The lowest BCUT2D eigenvalue weighted by Crippen LogP contribution is -2.16. The Hall–Kier alpha value is -1.75. The van der Waals surface area contributed by atoms with E-state index in [1.54, 1.807) is 7.11 Å². The second-order valence-electron chi connectivity index (χ2n) is 5.50. The molecule has 1 aliphatic heterocycles. The maximum absolute atomic E-state index is 10.6. The molecule has 3 N–H and O–H groups in total. The first kappa shape index (κ1) is 15.6. The van der Waals surface area contributed by atoms with Crippen molar-refractivity contribution in [2.45, 2.75) is 45.3 Å². The number of rotatable bonds is 8. The topological polar surface area (TPSA) is 73.6 Å². The number of nitrogens with two attached hydrogens (primary N) is 1. The van der Waals surface area contributed by atoms with Crippen molar-refractivity contribution in [1.29, 1.82) is 0 Å². The highest BCUT2D eigenvalue weighted by molar-refractivity contribution is 5.73. The van der Waals surface area contributed by atoms with Gasteiger partial charge in [-0.1, -0.05) is 0 Å². The van der Waals surface area contributed by atoms with E-state index in [1.807, 2.05) is 0 Å². The minimum atomic E-state index is -0.235. The molecule has 5 heteroatoms. The Labute approximate surface area is 125 Å². The molecule has 5 nitrogen and oxygen atoms in total. The Balaban J connectivity index is 1.85. The van der Waals surface area contributed by atoms with Crippen LogP contribution in [0.2, 0.25) is 0 Å². The second-order valence-corrected chi connectivity index (χ2v) is 5.50. The number of nitrogens with one attached hydrogen (secondary N) is 1. The average molecular weight is 292 g/mol. The summed E-state index contributed by atoms with van der Waals surface area (Å²) in [5, 5.41) is 3.36. The lowest BCUT2D eigenvalue weighted by atomic mass is 10.1. The van der Waals surface area contributed by atoms with Crippen LogP contribution in [-0.4, -0.2) is 25.7 Å². The number of methoxy groups -OCH3 is 1. The molecule has 1 aromatic rings. The van der Waals surface area contributed by atoms with Crippen molar-refractivity contribution < 1.29 is 14.3 Å². The van der Waals surface area contributed by atoms with E-state index in [-0.39, 0.29) is 12.0 Å². The number of primary amides is 1. The fourth-order valence-corrected chi connectivity index (χ4v) is 2.58. The Kier molecular flexibility index (Phi) is 5.44. The first-order chi connectivity index (χ1) is 10.1. The summed E-state index contributed by atoms with van der Waals surface area (Å²) in [5.41, 5.74) is 7.42. The molecule has 0 bridgehead atoms. The van der Waals surface area contributed by atoms with Gasteiger partial charge in [0.1, 0.15) is 17.6 Å². The molecule has 0 spiro atoms. The Morgan fingerprint density at radius 3 is 3.00 bits per heavy atom. The van der Waals surface area contributed by atoms with E-state index in [9.17, 15) is 4.79 Å². The quantitative estimate of drug-likeness (QED) is 0.716. The van der Waals surface area contributed by atoms with Crippen LogP contribution in [0.5, 0.6) is 11.5 Å². The largest absolute Gasteiger partial charge is 0.496 e. The van der Waals surface area contributed by atoms with E-state index in [1.165, 1.54) is 5.56 Å². The molecule has 1 amide bonds. The molecule has 1 atom stereocenters. The molecule has 0 saturated heterocycles. The van der Waals surface area contributed by atoms with Crippen molar-refractivity contribution in [3.63, 3.8) is 0 Å². The van der Waals surface area contributed by atoms with Crippen LogP contribution in [0, 0.1) is 0 Å². The highest BCUT2D eigenvalue weighted by atomic mass is 16.5. The minimum Gasteiger partial charge on any atom is -0.496 e. The van der Waals surface area contributed by atoms with Crippen molar-refractivity contribution in [2.24, 2.45) is 5.73 Å². The summed E-state index contributed by atoms with van der Waals surface area (Å²) >= 11 is 0. The summed E-state index contributed by atoms with van der Waals surface area (Å²) in [6, 6.07) is 4.14. The van der Waals surface area contributed by atoms with Gasteiger partial charge in [-0.25, -0.2) is 0 Å². The molecule has 1 heterocycles. The summed E-state index contributed by atoms with van der Waals surface area (Å²) in [6.07, 6.45) is 3.39. The molecule has 0 fully saturated rings. The number of amides is 1. The monoisotopic (exact) mass is 292 g/mol. The van der Waals surface area contributed by atoms with Crippen LogP contribution in [0.25, 0.3) is 0 Å². The first-order valence-corrected chi connectivity index (χ1v) is 7.45. The van der Waals surface area contributed by atoms with E-state index in [4.69, 9.17) is 15.2 Å². The molecule has 1 unspecified atom stereocenters. The zero-order valence-electron chi connectivity index (χ0n) is 12.8. The molecule has 21 heavy (non-hydrogen) atoms. The minimum absolute atomic E-state index is 0.235. The van der Waals surface area contributed by atoms with Gasteiger partial charge in [0.15, 0.2) is 0 Å². The van der Waals surface area contributed by atoms with Gasteiger partial charge in [-0.05, 0) is 38.4 Å². The fourth-order valence-electron chi connectivity index (χ4n) is 2.58. The molecule has 2 rings (SSSR count). The number of benzene rings is 1. The molecule has 0 aromatic heterocycles. The summed E-state index contributed by atoms with van der Waals surface area (Å²) in [4.78, 5) is 10.6. The molecular formula is C16H24N2O3. The third kappa shape index (κ3) is 4.36. The number of unbranched alkanes of at least 4 members (excludes halogenated alkanes) is 1. The first-order valence-electron chi connectivity index (χ1n) is 7.45. The highest BCUT2D eigenvalue weighted by Crippen LogP contribution is 2.34. The van der Waals surface area contributed by atoms with Crippen molar-refractivity contribution in [3.05, 3.63) is 23.3 Å². The van der Waals surface area contributed by atoms with Gasteiger partial charge in [0.25, 0.3) is 0 Å². The van der Waals surface area contributed by atoms with Gasteiger partial charge < -0.3 is 20.5 Å². The van der Waals surface area contributed by atoms with Crippen LogP contribution in [0.1, 0.15) is 37.3 Å². The molecular weight excluding hydrogens is 268 g/mol. The maximum atomic E-state index is 10.6. The number of fused-ring (bicyclic) bond motifs is 1. The Morgan fingerprint density at radius 2 is 2.29 bits per heavy atom. The van der Waals surface area contributed by atoms with E-state index >= 15 is 0 Å². The summed E-state index contributed by atoms with van der Waals surface area (Å²) in [7, 11) is 1.69. The van der Waals surface area contributed by atoms with Crippen LogP contribution < -0.4 is 20.5 Å². The molecule has 0 saturated carbocycles. The lowest BCUT2D eigenvalue weighted by Gasteiger charge is -2.12. The highest BCUT2D eigenvalue weighted by Gasteiger charge is 2.21. The van der Waals surface area contributed by atoms with Crippen molar-refractivity contribution in [2.75, 3.05) is 13.7 Å². The predicted molar refractivity (Wildman–Crippen MR) is 81.5 cm³/mol. The number of carbonyl (C=O) groups is 1. The Morgan fingerprint density at radius 1 is 1.48 bits per heavy atom. The van der Waals surface area contributed by atoms with Gasteiger partial charge in [-0.15, -0.1) is 0 Å². The maximum Gasteiger partial charge on any atom is 0.217 e. The van der Waals surface area contributed by atoms with Crippen LogP contribution in [-0.2, 0) is 17.8 Å².